The quantitative estimate of drug-likeness (QED) is 0.835. The number of hydrogen-bond acceptors (Lipinski definition) is 3. The lowest BCUT2D eigenvalue weighted by Crippen LogP contribution is -2.39. The third-order valence-corrected chi connectivity index (χ3v) is 3.98. The number of likely N-dealkylation sites (tertiary alicyclic amines) is 1. The second-order valence-electron chi connectivity index (χ2n) is 5.65. The Morgan fingerprint density at radius 1 is 1.29 bits per heavy atom. The highest BCUT2D eigenvalue weighted by Gasteiger charge is 2.19. The van der Waals surface area contributed by atoms with Crippen molar-refractivity contribution in [1.82, 2.24) is 10.2 Å². The van der Waals surface area contributed by atoms with Crippen LogP contribution in [0.5, 0.6) is 0 Å². The molecule has 1 aromatic carbocycles. The van der Waals surface area contributed by atoms with Crippen LogP contribution < -0.4 is 5.32 Å². The summed E-state index contributed by atoms with van der Waals surface area (Å²) in [6.45, 7) is 6.71. The standard InChI is InChI=1S/C17H26N2O2/c1-2-21-14-17(20)18-12-15-8-10-19(11-9-15)13-16-6-4-3-5-7-16/h3-7,15H,2,8-14H2,1H3,(H,18,20). The molecule has 4 nitrogen and oxygen atoms in total. The van der Waals surface area contributed by atoms with E-state index in [9.17, 15) is 4.79 Å². The van der Waals surface area contributed by atoms with Crippen LogP contribution in [0, 0.1) is 5.92 Å². The van der Waals surface area contributed by atoms with Crippen molar-refractivity contribution in [3.05, 3.63) is 35.9 Å². The maximum atomic E-state index is 11.5. The largest absolute Gasteiger partial charge is 0.372 e. The zero-order chi connectivity index (χ0) is 14.9. The van der Waals surface area contributed by atoms with Crippen LogP contribution in [0.2, 0.25) is 0 Å². The second kappa shape index (κ2) is 8.80. The summed E-state index contributed by atoms with van der Waals surface area (Å²) in [7, 11) is 0. The summed E-state index contributed by atoms with van der Waals surface area (Å²) in [5.74, 6) is 0.603. The van der Waals surface area contributed by atoms with Gasteiger partial charge in [-0.25, -0.2) is 0 Å². The smallest absolute Gasteiger partial charge is 0.246 e. The van der Waals surface area contributed by atoms with Gasteiger partial charge < -0.3 is 10.1 Å². The summed E-state index contributed by atoms with van der Waals surface area (Å²) in [4.78, 5) is 14.0. The van der Waals surface area contributed by atoms with Crippen molar-refractivity contribution in [2.45, 2.75) is 26.3 Å². The van der Waals surface area contributed by atoms with Gasteiger partial charge in [0.1, 0.15) is 6.61 Å². The third kappa shape index (κ3) is 5.86. The Labute approximate surface area is 127 Å². The lowest BCUT2D eigenvalue weighted by molar-refractivity contribution is -0.125. The average Bonchev–Trinajstić information content (AvgIpc) is 2.53. The van der Waals surface area contributed by atoms with Gasteiger partial charge >= 0.3 is 0 Å². The molecule has 2 rings (SSSR count). The fourth-order valence-corrected chi connectivity index (χ4v) is 2.69. The fraction of sp³-hybridized carbons (Fsp3) is 0.588. The molecule has 0 aromatic heterocycles. The molecule has 1 saturated heterocycles. The Bertz CT molecular complexity index is 414. The van der Waals surface area contributed by atoms with Crippen LogP contribution in [-0.2, 0) is 16.1 Å². The molecule has 0 radical (unpaired) electrons. The van der Waals surface area contributed by atoms with Crippen molar-refractivity contribution >= 4 is 5.91 Å². The van der Waals surface area contributed by atoms with Crippen molar-refractivity contribution in [2.24, 2.45) is 5.92 Å². The molecule has 1 fully saturated rings. The molecule has 1 aliphatic rings. The highest BCUT2D eigenvalue weighted by molar-refractivity contribution is 5.77. The first kappa shape index (κ1) is 16.0. The summed E-state index contributed by atoms with van der Waals surface area (Å²) >= 11 is 0. The number of carbonyl (C=O) groups excluding carboxylic acids is 1. The molecule has 1 aliphatic heterocycles. The van der Waals surface area contributed by atoms with Crippen LogP contribution in [0.1, 0.15) is 25.3 Å². The van der Waals surface area contributed by atoms with Gasteiger partial charge in [0.15, 0.2) is 0 Å². The number of nitrogens with zero attached hydrogens (tertiary/aromatic N) is 1. The van der Waals surface area contributed by atoms with Gasteiger partial charge in [-0.2, -0.15) is 0 Å². The minimum atomic E-state index is 0.00330. The van der Waals surface area contributed by atoms with E-state index in [1.54, 1.807) is 0 Å². The predicted octanol–water partition coefficient (Wildman–Crippen LogP) is 2.05. The zero-order valence-corrected chi connectivity index (χ0v) is 12.9. The predicted molar refractivity (Wildman–Crippen MR) is 83.9 cm³/mol. The van der Waals surface area contributed by atoms with E-state index >= 15 is 0 Å². The maximum absolute atomic E-state index is 11.5. The molecule has 1 amide bonds. The number of nitrogens with one attached hydrogen (secondary N) is 1. The molecule has 0 aliphatic carbocycles. The first-order valence-corrected chi connectivity index (χ1v) is 7.88. The van der Waals surface area contributed by atoms with Crippen molar-refractivity contribution in [2.75, 3.05) is 32.8 Å². The lowest BCUT2D eigenvalue weighted by atomic mass is 9.96. The number of benzene rings is 1. The van der Waals surface area contributed by atoms with Gasteiger partial charge in [0, 0.05) is 19.7 Å². The van der Waals surface area contributed by atoms with Crippen LogP contribution in [0.3, 0.4) is 0 Å². The Kier molecular flexibility index (Phi) is 6.70. The van der Waals surface area contributed by atoms with Gasteiger partial charge in [-0.1, -0.05) is 30.3 Å². The SMILES string of the molecule is CCOCC(=O)NCC1CCN(Cc2ccccc2)CC1. The third-order valence-electron chi connectivity index (χ3n) is 3.98. The van der Waals surface area contributed by atoms with Crippen molar-refractivity contribution in [3.8, 4) is 0 Å². The van der Waals surface area contributed by atoms with E-state index in [-0.39, 0.29) is 12.5 Å². The van der Waals surface area contributed by atoms with Crippen LogP contribution in [0.15, 0.2) is 30.3 Å². The van der Waals surface area contributed by atoms with Crippen molar-refractivity contribution in [1.29, 1.82) is 0 Å². The first-order chi connectivity index (χ1) is 10.3. The summed E-state index contributed by atoms with van der Waals surface area (Å²) in [6, 6.07) is 10.6. The molecule has 0 spiro atoms. The van der Waals surface area contributed by atoms with Gasteiger partial charge in [0.05, 0.1) is 0 Å². The zero-order valence-electron chi connectivity index (χ0n) is 12.9. The van der Waals surface area contributed by atoms with Gasteiger partial charge in [-0.3, -0.25) is 9.69 Å². The Morgan fingerprint density at radius 2 is 2.00 bits per heavy atom. The van der Waals surface area contributed by atoms with Gasteiger partial charge in [-0.15, -0.1) is 0 Å². The average molecular weight is 290 g/mol. The Morgan fingerprint density at radius 3 is 2.67 bits per heavy atom. The molecule has 0 saturated carbocycles. The van der Waals surface area contributed by atoms with Crippen LogP contribution in [-0.4, -0.2) is 43.7 Å². The molecule has 21 heavy (non-hydrogen) atoms. The highest BCUT2D eigenvalue weighted by atomic mass is 16.5. The molecular formula is C17H26N2O2. The van der Waals surface area contributed by atoms with E-state index in [2.05, 4.69) is 40.5 Å². The van der Waals surface area contributed by atoms with E-state index in [1.165, 1.54) is 5.56 Å². The molecule has 0 atom stereocenters. The molecule has 0 bridgehead atoms. The number of piperidine rings is 1. The molecule has 0 unspecified atom stereocenters. The first-order valence-electron chi connectivity index (χ1n) is 7.88. The van der Waals surface area contributed by atoms with Crippen molar-refractivity contribution in [3.63, 3.8) is 0 Å². The topological polar surface area (TPSA) is 41.6 Å². The Hall–Kier alpha value is -1.39. The second-order valence-corrected chi connectivity index (χ2v) is 5.65. The number of ether oxygens (including phenoxy) is 1. The molecule has 1 heterocycles. The van der Waals surface area contributed by atoms with E-state index < -0.39 is 0 Å². The molecular weight excluding hydrogens is 264 g/mol. The van der Waals surface area contributed by atoms with E-state index in [1.807, 2.05) is 6.92 Å². The molecule has 116 valence electrons. The summed E-state index contributed by atoms with van der Waals surface area (Å²) in [5.41, 5.74) is 1.38. The molecule has 4 heteroatoms. The molecule has 1 N–H and O–H groups in total. The minimum Gasteiger partial charge on any atom is -0.372 e. The lowest BCUT2D eigenvalue weighted by Gasteiger charge is -2.32. The number of rotatable bonds is 7. The summed E-state index contributed by atoms with van der Waals surface area (Å²) in [6.07, 6.45) is 2.31. The van der Waals surface area contributed by atoms with E-state index in [0.717, 1.165) is 39.0 Å². The van der Waals surface area contributed by atoms with Gasteiger partial charge in [-0.05, 0) is 44.3 Å². The van der Waals surface area contributed by atoms with Crippen LogP contribution in [0.4, 0.5) is 0 Å². The fourth-order valence-electron chi connectivity index (χ4n) is 2.69. The summed E-state index contributed by atoms with van der Waals surface area (Å²) < 4.78 is 5.10. The molecule has 1 aromatic rings. The number of amides is 1. The number of carbonyl (C=O) groups is 1. The van der Waals surface area contributed by atoms with E-state index in [4.69, 9.17) is 4.74 Å². The van der Waals surface area contributed by atoms with Gasteiger partial charge in [0.2, 0.25) is 5.91 Å². The highest BCUT2D eigenvalue weighted by Crippen LogP contribution is 2.18. The summed E-state index contributed by atoms with van der Waals surface area (Å²) in [5, 5.41) is 2.97. The van der Waals surface area contributed by atoms with Crippen LogP contribution >= 0.6 is 0 Å². The van der Waals surface area contributed by atoms with E-state index in [0.29, 0.717) is 12.5 Å². The Balaban J connectivity index is 1.63. The number of hydrogen-bond donors (Lipinski definition) is 1. The van der Waals surface area contributed by atoms with Crippen LogP contribution in [0.25, 0.3) is 0 Å². The normalized spacial score (nSPS) is 16.8. The minimum absolute atomic E-state index is 0.00330. The maximum Gasteiger partial charge on any atom is 0.246 e. The van der Waals surface area contributed by atoms with Gasteiger partial charge in [0.25, 0.3) is 0 Å². The monoisotopic (exact) mass is 290 g/mol. The van der Waals surface area contributed by atoms with Crippen molar-refractivity contribution < 1.29 is 9.53 Å².